The fourth-order valence-electron chi connectivity index (χ4n) is 3.85. The van der Waals surface area contributed by atoms with Crippen molar-refractivity contribution in [3.63, 3.8) is 0 Å². The van der Waals surface area contributed by atoms with Gasteiger partial charge in [0.2, 0.25) is 0 Å². The molecule has 3 unspecified atom stereocenters. The summed E-state index contributed by atoms with van der Waals surface area (Å²) in [6.07, 6.45) is 5.61. The van der Waals surface area contributed by atoms with E-state index in [0.29, 0.717) is 0 Å². The van der Waals surface area contributed by atoms with Gasteiger partial charge >= 0.3 is 0 Å². The number of nitro groups is 1. The zero-order valence-electron chi connectivity index (χ0n) is 11.3. The number of nitro benzene ring substituents is 1. The molecule has 19 heavy (non-hydrogen) atoms. The van der Waals surface area contributed by atoms with Crippen LogP contribution in [0.2, 0.25) is 0 Å². The van der Waals surface area contributed by atoms with Crippen LogP contribution in [0.5, 0.6) is 0 Å². The zero-order chi connectivity index (χ0) is 13.4. The summed E-state index contributed by atoms with van der Waals surface area (Å²) in [4.78, 5) is 10.4. The van der Waals surface area contributed by atoms with Crippen LogP contribution in [-0.4, -0.2) is 11.5 Å². The lowest BCUT2D eigenvalue weighted by Crippen LogP contribution is -2.20. The van der Waals surface area contributed by atoms with Crippen molar-refractivity contribution in [2.24, 2.45) is 17.8 Å². The molecule has 1 aromatic rings. The SMILES string of the molecule is Cc1cc(NCC2CC3CCC2C3)ccc1[N+](=O)[O-]. The summed E-state index contributed by atoms with van der Waals surface area (Å²) in [5.41, 5.74) is 1.93. The second-order valence-corrected chi connectivity index (χ2v) is 6.07. The first kappa shape index (κ1) is 12.5. The van der Waals surface area contributed by atoms with Crippen LogP contribution in [0.4, 0.5) is 11.4 Å². The molecule has 102 valence electrons. The average molecular weight is 260 g/mol. The molecule has 2 bridgehead atoms. The highest BCUT2D eigenvalue weighted by atomic mass is 16.6. The van der Waals surface area contributed by atoms with Gasteiger partial charge in [0.15, 0.2) is 0 Å². The molecule has 2 saturated carbocycles. The average Bonchev–Trinajstić information content (AvgIpc) is 2.98. The molecule has 4 nitrogen and oxygen atoms in total. The van der Waals surface area contributed by atoms with Gasteiger partial charge in [0.25, 0.3) is 5.69 Å². The first-order valence-corrected chi connectivity index (χ1v) is 7.12. The van der Waals surface area contributed by atoms with E-state index in [0.717, 1.165) is 35.5 Å². The third-order valence-corrected chi connectivity index (χ3v) is 4.85. The summed E-state index contributed by atoms with van der Waals surface area (Å²) in [5.74, 6) is 2.68. The largest absolute Gasteiger partial charge is 0.385 e. The molecular formula is C15H20N2O2. The Morgan fingerprint density at radius 1 is 1.37 bits per heavy atom. The van der Waals surface area contributed by atoms with Gasteiger partial charge in [0.1, 0.15) is 0 Å². The lowest BCUT2D eigenvalue weighted by Gasteiger charge is -2.22. The Labute approximate surface area is 113 Å². The predicted octanol–water partition coefficient (Wildman–Crippen LogP) is 3.75. The van der Waals surface area contributed by atoms with Crippen LogP contribution in [0.15, 0.2) is 18.2 Å². The van der Waals surface area contributed by atoms with Gasteiger partial charge in [-0.2, -0.15) is 0 Å². The van der Waals surface area contributed by atoms with Crippen LogP contribution in [0.3, 0.4) is 0 Å². The number of rotatable bonds is 4. The smallest absolute Gasteiger partial charge is 0.272 e. The topological polar surface area (TPSA) is 55.2 Å². The molecule has 2 fully saturated rings. The van der Waals surface area contributed by atoms with Gasteiger partial charge in [-0.3, -0.25) is 10.1 Å². The van der Waals surface area contributed by atoms with Gasteiger partial charge in [0.05, 0.1) is 4.92 Å². The van der Waals surface area contributed by atoms with Crippen molar-refractivity contribution >= 4 is 11.4 Å². The molecule has 0 heterocycles. The van der Waals surface area contributed by atoms with Crippen LogP contribution in [0.1, 0.15) is 31.2 Å². The van der Waals surface area contributed by atoms with Gasteiger partial charge in [-0.05, 0) is 56.1 Å². The molecule has 0 amide bonds. The Kier molecular flexibility index (Phi) is 3.17. The molecule has 0 saturated heterocycles. The summed E-state index contributed by atoms with van der Waals surface area (Å²) in [7, 11) is 0. The van der Waals surface area contributed by atoms with Crippen molar-refractivity contribution in [2.75, 3.05) is 11.9 Å². The number of aryl methyl sites for hydroxylation is 1. The summed E-state index contributed by atoms with van der Waals surface area (Å²) in [6, 6.07) is 5.29. The van der Waals surface area contributed by atoms with Crippen molar-refractivity contribution in [1.82, 2.24) is 0 Å². The lowest BCUT2D eigenvalue weighted by molar-refractivity contribution is -0.385. The molecule has 1 N–H and O–H groups in total. The third-order valence-electron chi connectivity index (χ3n) is 4.85. The Hall–Kier alpha value is -1.58. The number of nitrogens with zero attached hydrogens (tertiary/aromatic N) is 1. The number of hydrogen-bond acceptors (Lipinski definition) is 3. The molecule has 4 heteroatoms. The molecule has 2 aliphatic rings. The second-order valence-electron chi connectivity index (χ2n) is 6.07. The minimum atomic E-state index is -0.324. The predicted molar refractivity (Wildman–Crippen MR) is 75.3 cm³/mol. The van der Waals surface area contributed by atoms with E-state index in [1.165, 1.54) is 25.7 Å². The van der Waals surface area contributed by atoms with Crippen LogP contribution in [-0.2, 0) is 0 Å². The van der Waals surface area contributed by atoms with Crippen molar-refractivity contribution in [2.45, 2.75) is 32.6 Å². The van der Waals surface area contributed by atoms with Gasteiger partial charge in [-0.15, -0.1) is 0 Å². The van der Waals surface area contributed by atoms with E-state index >= 15 is 0 Å². The Morgan fingerprint density at radius 3 is 2.79 bits per heavy atom. The Morgan fingerprint density at radius 2 is 2.21 bits per heavy atom. The highest BCUT2D eigenvalue weighted by molar-refractivity contribution is 5.53. The molecular weight excluding hydrogens is 240 g/mol. The Balaban J connectivity index is 1.61. The van der Waals surface area contributed by atoms with E-state index in [9.17, 15) is 10.1 Å². The van der Waals surface area contributed by atoms with Crippen LogP contribution >= 0.6 is 0 Å². The molecule has 0 radical (unpaired) electrons. The van der Waals surface area contributed by atoms with Crippen LogP contribution < -0.4 is 5.32 Å². The Bertz CT molecular complexity index is 501. The maximum Gasteiger partial charge on any atom is 0.272 e. The number of benzene rings is 1. The first-order chi connectivity index (χ1) is 9.13. The van der Waals surface area contributed by atoms with Gasteiger partial charge in [0, 0.05) is 23.9 Å². The molecule has 0 aromatic heterocycles. The standard InChI is InChI=1S/C15H20N2O2/c1-10-6-14(4-5-15(10)17(18)19)16-9-13-8-11-2-3-12(13)7-11/h4-6,11-13,16H,2-3,7-9H2,1H3. The van der Waals surface area contributed by atoms with E-state index in [4.69, 9.17) is 0 Å². The summed E-state index contributed by atoms with van der Waals surface area (Å²) >= 11 is 0. The quantitative estimate of drug-likeness (QED) is 0.662. The first-order valence-electron chi connectivity index (χ1n) is 7.12. The molecule has 0 spiro atoms. The summed E-state index contributed by atoms with van der Waals surface area (Å²) < 4.78 is 0. The summed E-state index contributed by atoms with van der Waals surface area (Å²) in [5, 5.41) is 14.2. The van der Waals surface area contributed by atoms with E-state index in [1.807, 2.05) is 12.1 Å². The summed E-state index contributed by atoms with van der Waals surface area (Å²) in [6.45, 7) is 2.80. The molecule has 1 aromatic carbocycles. The molecule has 2 aliphatic carbocycles. The molecule has 0 aliphatic heterocycles. The number of nitrogens with one attached hydrogen (secondary N) is 1. The third kappa shape index (κ3) is 2.44. The van der Waals surface area contributed by atoms with E-state index in [1.54, 1.807) is 13.0 Å². The molecule has 3 atom stereocenters. The van der Waals surface area contributed by atoms with E-state index in [2.05, 4.69) is 5.32 Å². The van der Waals surface area contributed by atoms with E-state index < -0.39 is 0 Å². The van der Waals surface area contributed by atoms with Gasteiger partial charge < -0.3 is 5.32 Å². The fraction of sp³-hybridized carbons (Fsp3) is 0.600. The maximum absolute atomic E-state index is 10.8. The minimum absolute atomic E-state index is 0.200. The second kappa shape index (κ2) is 4.83. The van der Waals surface area contributed by atoms with E-state index in [-0.39, 0.29) is 10.6 Å². The number of fused-ring (bicyclic) bond motifs is 2. The van der Waals surface area contributed by atoms with Gasteiger partial charge in [-0.25, -0.2) is 0 Å². The van der Waals surface area contributed by atoms with Gasteiger partial charge in [-0.1, -0.05) is 6.42 Å². The lowest BCUT2D eigenvalue weighted by atomic mass is 9.89. The normalized spacial score (nSPS) is 28.6. The van der Waals surface area contributed by atoms with Crippen molar-refractivity contribution in [3.05, 3.63) is 33.9 Å². The number of hydrogen-bond donors (Lipinski definition) is 1. The minimum Gasteiger partial charge on any atom is -0.385 e. The monoisotopic (exact) mass is 260 g/mol. The fourth-order valence-corrected chi connectivity index (χ4v) is 3.85. The zero-order valence-corrected chi connectivity index (χ0v) is 11.3. The van der Waals surface area contributed by atoms with Crippen molar-refractivity contribution in [1.29, 1.82) is 0 Å². The highest BCUT2D eigenvalue weighted by Gasteiger charge is 2.38. The van der Waals surface area contributed by atoms with Crippen molar-refractivity contribution in [3.8, 4) is 0 Å². The van der Waals surface area contributed by atoms with Crippen LogP contribution in [0.25, 0.3) is 0 Å². The maximum atomic E-state index is 10.8. The highest BCUT2D eigenvalue weighted by Crippen LogP contribution is 2.48. The number of anilines is 1. The van der Waals surface area contributed by atoms with Crippen molar-refractivity contribution < 1.29 is 4.92 Å². The molecule has 3 rings (SSSR count). The van der Waals surface area contributed by atoms with Crippen LogP contribution in [0, 0.1) is 34.8 Å².